The minimum absolute atomic E-state index is 0.0460. The molecule has 1 unspecified atom stereocenters. The van der Waals surface area contributed by atoms with Gasteiger partial charge in [0.15, 0.2) is 10.5 Å². The van der Waals surface area contributed by atoms with Crippen LogP contribution < -0.4 is 0 Å². The van der Waals surface area contributed by atoms with Gasteiger partial charge < -0.3 is 9.47 Å². The van der Waals surface area contributed by atoms with E-state index < -0.39 is 16.7 Å². The minimum atomic E-state index is -1.19. The van der Waals surface area contributed by atoms with E-state index in [1.54, 1.807) is 0 Å². The molecule has 16 heavy (non-hydrogen) atoms. The number of esters is 2. The molecule has 0 radical (unpaired) electrons. The summed E-state index contributed by atoms with van der Waals surface area (Å²) in [7, 11) is 2.52. The quantitative estimate of drug-likeness (QED) is 0.533. The number of carbonyl (C=O) groups excluding carboxylic acids is 3. The van der Waals surface area contributed by atoms with Crippen LogP contribution in [-0.2, 0) is 23.9 Å². The van der Waals surface area contributed by atoms with Crippen LogP contribution >= 0.6 is 11.8 Å². The van der Waals surface area contributed by atoms with Crippen molar-refractivity contribution in [1.82, 2.24) is 0 Å². The fraction of sp³-hybridized carbons (Fsp3) is 0.700. The highest BCUT2D eigenvalue weighted by atomic mass is 32.2. The Morgan fingerprint density at radius 2 is 2.06 bits per heavy atom. The molecule has 1 atom stereocenters. The summed E-state index contributed by atoms with van der Waals surface area (Å²) in [5.74, 6) is -0.560. The lowest BCUT2D eigenvalue weighted by Gasteiger charge is -2.22. The fourth-order valence-corrected chi connectivity index (χ4v) is 2.98. The van der Waals surface area contributed by atoms with Gasteiger partial charge in [0.25, 0.3) is 0 Å². The van der Waals surface area contributed by atoms with Gasteiger partial charge in [-0.25, -0.2) is 0 Å². The standard InChI is InChI=1S/C10H14O5S/c1-14-8(12)3-5-10(9(13)15-2)7(11)4-6-16-10/h3-6H2,1-2H3. The zero-order valence-electron chi connectivity index (χ0n) is 9.28. The molecule has 0 aromatic rings. The van der Waals surface area contributed by atoms with Crippen molar-refractivity contribution < 1.29 is 23.9 Å². The molecule has 5 nitrogen and oxygen atoms in total. The molecule has 0 saturated carbocycles. The Bertz CT molecular complexity index is 314. The highest BCUT2D eigenvalue weighted by Crippen LogP contribution is 2.40. The van der Waals surface area contributed by atoms with Crippen molar-refractivity contribution in [2.75, 3.05) is 20.0 Å². The van der Waals surface area contributed by atoms with Gasteiger partial charge in [-0.05, 0) is 6.42 Å². The summed E-state index contributed by atoms with van der Waals surface area (Å²) in [6.45, 7) is 0. The summed E-state index contributed by atoms with van der Waals surface area (Å²) < 4.78 is 7.94. The number of rotatable bonds is 4. The molecule has 1 aliphatic heterocycles. The third kappa shape index (κ3) is 2.37. The maximum Gasteiger partial charge on any atom is 0.329 e. The largest absolute Gasteiger partial charge is 0.469 e. The second-order valence-corrected chi connectivity index (χ2v) is 4.81. The van der Waals surface area contributed by atoms with E-state index in [1.165, 1.54) is 26.0 Å². The molecule has 1 rings (SSSR count). The van der Waals surface area contributed by atoms with Crippen molar-refractivity contribution in [3.63, 3.8) is 0 Å². The van der Waals surface area contributed by atoms with Crippen LogP contribution in [0.2, 0.25) is 0 Å². The molecular weight excluding hydrogens is 232 g/mol. The third-order valence-corrected chi connectivity index (χ3v) is 4.05. The normalized spacial score (nSPS) is 24.2. The van der Waals surface area contributed by atoms with Crippen LogP contribution in [0.4, 0.5) is 0 Å². The van der Waals surface area contributed by atoms with Crippen molar-refractivity contribution in [1.29, 1.82) is 0 Å². The van der Waals surface area contributed by atoms with Gasteiger partial charge in [0.05, 0.1) is 14.2 Å². The number of methoxy groups -OCH3 is 2. The monoisotopic (exact) mass is 246 g/mol. The summed E-state index contributed by atoms with van der Waals surface area (Å²) in [4.78, 5) is 34.4. The van der Waals surface area contributed by atoms with Crippen LogP contribution in [-0.4, -0.2) is 42.4 Å². The summed E-state index contributed by atoms with van der Waals surface area (Å²) in [6, 6.07) is 0. The maximum absolute atomic E-state index is 11.7. The van der Waals surface area contributed by atoms with E-state index >= 15 is 0 Å². The Morgan fingerprint density at radius 3 is 2.50 bits per heavy atom. The Morgan fingerprint density at radius 1 is 1.38 bits per heavy atom. The number of thioether (sulfide) groups is 1. The highest BCUT2D eigenvalue weighted by molar-refractivity contribution is 8.02. The van der Waals surface area contributed by atoms with Gasteiger partial charge in [-0.1, -0.05) is 0 Å². The molecule has 0 spiro atoms. The zero-order valence-corrected chi connectivity index (χ0v) is 10.1. The van der Waals surface area contributed by atoms with Crippen LogP contribution in [0.5, 0.6) is 0 Å². The van der Waals surface area contributed by atoms with Crippen LogP contribution in [0.25, 0.3) is 0 Å². The Balaban J connectivity index is 2.76. The SMILES string of the molecule is COC(=O)CCC1(C(=O)OC)SCCC1=O. The van der Waals surface area contributed by atoms with Crippen molar-refractivity contribution in [2.24, 2.45) is 0 Å². The molecular formula is C10H14O5S. The topological polar surface area (TPSA) is 69.7 Å². The smallest absolute Gasteiger partial charge is 0.329 e. The molecule has 0 N–H and O–H groups in total. The predicted octanol–water partition coefficient (Wildman–Crippen LogP) is 0.557. The molecule has 90 valence electrons. The van der Waals surface area contributed by atoms with E-state index in [1.807, 2.05) is 0 Å². The second-order valence-electron chi connectivity index (χ2n) is 3.42. The second kappa shape index (κ2) is 5.34. The van der Waals surface area contributed by atoms with Crippen molar-refractivity contribution in [2.45, 2.75) is 24.0 Å². The molecule has 1 heterocycles. The van der Waals surface area contributed by atoms with E-state index in [2.05, 4.69) is 9.47 Å². The number of hydrogen-bond donors (Lipinski definition) is 0. The van der Waals surface area contributed by atoms with Gasteiger partial charge in [-0.15, -0.1) is 11.8 Å². The van der Waals surface area contributed by atoms with Crippen LogP contribution in [0.15, 0.2) is 0 Å². The highest BCUT2D eigenvalue weighted by Gasteiger charge is 2.50. The van der Waals surface area contributed by atoms with Crippen molar-refractivity contribution in [3.8, 4) is 0 Å². The Hall–Kier alpha value is -1.04. The summed E-state index contributed by atoms with van der Waals surface area (Å²) in [5, 5.41) is 0. The van der Waals surface area contributed by atoms with Gasteiger partial charge in [0.1, 0.15) is 0 Å². The average Bonchev–Trinajstić information content (AvgIpc) is 2.67. The first-order valence-electron chi connectivity index (χ1n) is 4.89. The van der Waals surface area contributed by atoms with Gasteiger partial charge >= 0.3 is 11.9 Å². The Kier molecular flexibility index (Phi) is 4.35. The van der Waals surface area contributed by atoms with E-state index in [0.717, 1.165) is 0 Å². The molecule has 6 heteroatoms. The number of ether oxygens (including phenoxy) is 2. The van der Waals surface area contributed by atoms with E-state index in [0.29, 0.717) is 12.2 Å². The lowest BCUT2D eigenvalue weighted by Crippen LogP contribution is -2.41. The van der Waals surface area contributed by atoms with Crippen LogP contribution in [0.3, 0.4) is 0 Å². The lowest BCUT2D eigenvalue weighted by molar-refractivity contribution is -0.147. The molecule has 0 amide bonds. The van der Waals surface area contributed by atoms with Crippen molar-refractivity contribution in [3.05, 3.63) is 0 Å². The average molecular weight is 246 g/mol. The van der Waals surface area contributed by atoms with Crippen LogP contribution in [0.1, 0.15) is 19.3 Å². The summed E-state index contributed by atoms with van der Waals surface area (Å²) in [6.07, 6.45) is 0.543. The molecule has 1 fully saturated rings. The minimum Gasteiger partial charge on any atom is -0.469 e. The predicted molar refractivity (Wildman–Crippen MR) is 58.1 cm³/mol. The third-order valence-electron chi connectivity index (χ3n) is 2.55. The first-order valence-corrected chi connectivity index (χ1v) is 5.88. The summed E-state index contributed by atoms with van der Waals surface area (Å²) in [5.41, 5.74) is 0. The molecule has 0 bridgehead atoms. The number of ketones is 1. The van der Waals surface area contributed by atoms with E-state index in [9.17, 15) is 14.4 Å². The van der Waals surface area contributed by atoms with Gasteiger partial charge in [-0.2, -0.15) is 0 Å². The number of hydrogen-bond acceptors (Lipinski definition) is 6. The molecule has 0 aromatic heterocycles. The first-order chi connectivity index (χ1) is 7.56. The lowest BCUT2D eigenvalue weighted by atomic mass is 9.96. The van der Waals surface area contributed by atoms with Gasteiger partial charge in [-0.3, -0.25) is 14.4 Å². The zero-order chi connectivity index (χ0) is 12.2. The number of carbonyl (C=O) groups is 3. The molecule has 1 saturated heterocycles. The molecule has 0 aromatic carbocycles. The number of Topliss-reactive ketones (excluding diaryl/α,β-unsaturated/α-hetero) is 1. The van der Waals surface area contributed by atoms with E-state index in [4.69, 9.17) is 0 Å². The van der Waals surface area contributed by atoms with Crippen molar-refractivity contribution >= 4 is 29.5 Å². The van der Waals surface area contributed by atoms with Gasteiger partial charge in [0, 0.05) is 18.6 Å². The summed E-state index contributed by atoms with van der Waals surface area (Å²) >= 11 is 1.25. The van der Waals surface area contributed by atoms with Crippen LogP contribution in [0, 0.1) is 0 Å². The maximum atomic E-state index is 11.7. The van der Waals surface area contributed by atoms with Gasteiger partial charge in [0.2, 0.25) is 0 Å². The molecule has 0 aliphatic carbocycles. The molecule has 1 aliphatic rings. The fourth-order valence-electron chi connectivity index (χ4n) is 1.63. The Labute approximate surface area is 97.9 Å². The first kappa shape index (κ1) is 13.0. The van der Waals surface area contributed by atoms with E-state index in [-0.39, 0.29) is 18.6 Å².